The van der Waals surface area contributed by atoms with Gasteiger partial charge in [-0.2, -0.15) is 0 Å². The van der Waals surface area contributed by atoms with Crippen LogP contribution in [-0.4, -0.2) is 12.1 Å². The van der Waals surface area contributed by atoms with E-state index in [1.807, 2.05) is 18.2 Å². The highest BCUT2D eigenvalue weighted by molar-refractivity contribution is 6.07. The predicted octanol–water partition coefficient (Wildman–Crippen LogP) is 4.59. The molecule has 4 aromatic rings. The SMILES string of the molecule is O=Cc1cc(=O)c(OCc2ccccc2)c(C(=O)c2ccc(Cc3ccc(F)cc3)o2)o1. The number of ether oxygens (including phenoxy) is 1. The Hall–Kier alpha value is -4.26. The number of ketones is 1. The monoisotopic (exact) mass is 432 g/mol. The van der Waals surface area contributed by atoms with Crippen LogP contribution in [0.15, 0.2) is 86.4 Å². The highest BCUT2D eigenvalue weighted by atomic mass is 19.1. The van der Waals surface area contributed by atoms with Gasteiger partial charge in [0.05, 0.1) is 0 Å². The third-order valence-electron chi connectivity index (χ3n) is 4.65. The number of carbonyl (C=O) groups is 2. The van der Waals surface area contributed by atoms with E-state index in [-0.39, 0.29) is 29.7 Å². The van der Waals surface area contributed by atoms with Crippen LogP contribution >= 0.6 is 0 Å². The molecule has 2 aromatic carbocycles. The van der Waals surface area contributed by atoms with Crippen LogP contribution in [0.1, 0.15) is 43.8 Å². The van der Waals surface area contributed by atoms with Crippen LogP contribution in [0.4, 0.5) is 4.39 Å². The summed E-state index contributed by atoms with van der Waals surface area (Å²) in [7, 11) is 0. The fourth-order valence-corrected chi connectivity index (χ4v) is 3.08. The van der Waals surface area contributed by atoms with Gasteiger partial charge in [0, 0.05) is 12.5 Å². The summed E-state index contributed by atoms with van der Waals surface area (Å²) in [5, 5.41) is 0. The Bertz CT molecular complexity index is 1300. The van der Waals surface area contributed by atoms with Gasteiger partial charge in [0.2, 0.25) is 16.9 Å². The smallest absolute Gasteiger partial charge is 0.267 e. The first kappa shape index (κ1) is 21.0. The van der Waals surface area contributed by atoms with Gasteiger partial charge in [0.25, 0.3) is 5.78 Å². The summed E-state index contributed by atoms with van der Waals surface area (Å²) >= 11 is 0. The van der Waals surface area contributed by atoms with Crippen LogP contribution in [0.3, 0.4) is 0 Å². The van der Waals surface area contributed by atoms with E-state index in [0.29, 0.717) is 18.5 Å². The molecule has 0 saturated heterocycles. The Kier molecular flexibility index (Phi) is 6.07. The highest BCUT2D eigenvalue weighted by Crippen LogP contribution is 2.23. The second-order valence-electron chi connectivity index (χ2n) is 6.96. The maximum absolute atomic E-state index is 13.1. The molecule has 0 aliphatic rings. The van der Waals surface area contributed by atoms with Gasteiger partial charge < -0.3 is 13.6 Å². The summed E-state index contributed by atoms with van der Waals surface area (Å²) < 4.78 is 29.6. The molecule has 0 aliphatic heterocycles. The second kappa shape index (κ2) is 9.26. The number of halogens is 1. The molecule has 0 spiro atoms. The van der Waals surface area contributed by atoms with E-state index in [9.17, 15) is 18.8 Å². The molecule has 0 aliphatic carbocycles. The third-order valence-corrected chi connectivity index (χ3v) is 4.65. The minimum Gasteiger partial charge on any atom is -0.481 e. The van der Waals surface area contributed by atoms with E-state index < -0.39 is 17.0 Å². The quantitative estimate of drug-likeness (QED) is 0.299. The lowest BCUT2D eigenvalue weighted by atomic mass is 10.1. The Morgan fingerprint density at radius 3 is 2.41 bits per heavy atom. The van der Waals surface area contributed by atoms with Crippen molar-refractivity contribution >= 4 is 12.1 Å². The number of hydrogen-bond donors (Lipinski definition) is 0. The van der Waals surface area contributed by atoms with Gasteiger partial charge in [-0.3, -0.25) is 14.4 Å². The van der Waals surface area contributed by atoms with Crippen LogP contribution in [0.5, 0.6) is 5.75 Å². The van der Waals surface area contributed by atoms with Crippen molar-refractivity contribution in [2.45, 2.75) is 13.0 Å². The lowest BCUT2D eigenvalue weighted by molar-refractivity contribution is 0.0965. The zero-order chi connectivity index (χ0) is 22.5. The van der Waals surface area contributed by atoms with E-state index >= 15 is 0 Å². The first-order valence-electron chi connectivity index (χ1n) is 9.71. The van der Waals surface area contributed by atoms with Crippen molar-refractivity contribution < 1.29 is 27.6 Å². The summed E-state index contributed by atoms with van der Waals surface area (Å²) in [6.45, 7) is 0.0281. The van der Waals surface area contributed by atoms with Crippen molar-refractivity contribution in [2.24, 2.45) is 0 Å². The minimum absolute atomic E-state index is 0.0281. The molecule has 0 N–H and O–H groups in total. The largest absolute Gasteiger partial charge is 0.481 e. The number of benzene rings is 2. The normalized spacial score (nSPS) is 10.7. The number of rotatable bonds is 8. The van der Waals surface area contributed by atoms with Crippen molar-refractivity contribution in [2.75, 3.05) is 0 Å². The fraction of sp³-hybridized carbons (Fsp3) is 0.0800. The zero-order valence-corrected chi connectivity index (χ0v) is 16.7. The van der Waals surface area contributed by atoms with Gasteiger partial charge >= 0.3 is 0 Å². The van der Waals surface area contributed by atoms with Crippen LogP contribution in [0.2, 0.25) is 0 Å². The maximum Gasteiger partial charge on any atom is 0.267 e. The van der Waals surface area contributed by atoms with Crippen LogP contribution in [0.25, 0.3) is 0 Å². The molecular formula is C25H17FO6. The van der Waals surface area contributed by atoms with Gasteiger partial charge in [0.1, 0.15) is 18.2 Å². The van der Waals surface area contributed by atoms with E-state index in [2.05, 4.69) is 0 Å². The number of hydrogen-bond acceptors (Lipinski definition) is 6. The Balaban J connectivity index is 1.61. The fourth-order valence-electron chi connectivity index (χ4n) is 3.08. The van der Waals surface area contributed by atoms with Crippen LogP contribution < -0.4 is 10.2 Å². The van der Waals surface area contributed by atoms with Crippen molar-refractivity contribution in [3.8, 4) is 5.75 Å². The minimum atomic E-state index is -0.737. The number of aldehydes is 1. The van der Waals surface area contributed by atoms with E-state index in [1.54, 1.807) is 30.3 Å². The van der Waals surface area contributed by atoms with E-state index in [1.165, 1.54) is 18.2 Å². The van der Waals surface area contributed by atoms with Gasteiger partial charge in [-0.05, 0) is 35.4 Å². The van der Waals surface area contributed by atoms with Crippen LogP contribution in [0, 0.1) is 5.82 Å². The van der Waals surface area contributed by atoms with Gasteiger partial charge in [-0.25, -0.2) is 4.39 Å². The molecular weight excluding hydrogens is 415 g/mol. The molecule has 0 radical (unpaired) electrons. The number of furan rings is 1. The maximum atomic E-state index is 13.1. The Morgan fingerprint density at radius 2 is 1.69 bits per heavy atom. The van der Waals surface area contributed by atoms with Gasteiger partial charge in [-0.1, -0.05) is 42.5 Å². The average Bonchev–Trinajstić information content (AvgIpc) is 3.28. The lowest BCUT2D eigenvalue weighted by Crippen LogP contribution is -2.15. The molecule has 2 heterocycles. The molecule has 0 saturated carbocycles. The summed E-state index contributed by atoms with van der Waals surface area (Å²) in [4.78, 5) is 36.7. The molecule has 4 rings (SSSR count). The van der Waals surface area contributed by atoms with E-state index in [0.717, 1.165) is 17.2 Å². The molecule has 0 fully saturated rings. The van der Waals surface area contributed by atoms with E-state index in [4.69, 9.17) is 13.6 Å². The Labute approximate surface area is 181 Å². The van der Waals surface area contributed by atoms with Crippen molar-refractivity contribution in [3.63, 3.8) is 0 Å². The summed E-state index contributed by atoms with van der Waals surface area (Å²) in [6.07, 6.45) is 0.671. The highest BCUT2D eigenvalue weighted by Gasteiger charge is 2.25. The van der Waals surface area contributed by atoms with Gasteiger partial charge in [0.15, 0.2) is 17.8 Å². The molecule has 160 valence electrons. The lowest BCUT2D eigenvalue weighted by Gasteiger charge is -2.09. The molecule has 7 heteroatoms. The molecule has 0 atom stereocenters. The van der Waals surface area contributed by atoms with Crippen molar-refractivity contribution in [1.29, 1.82) is 0 Å². The molecule has 0 bridgehead atoms. The molecule has 2 aromatic heterocycles. The standard InChI is InChI=1S/C25H17FO6/c26-18-8-6-16(7-9-18)12-19-10-11-22(31-19)23(29)25-24(21(28)13-20(14-27)32-25)30-15-17-4-2-1-3-5-17/h1-11,13-14H,12,15H2. The molecule has 32 heavy (non-hydrogen) atoms. The first-order valence-corrected chi connectivity index (χ1v) is 9.71. The Morgan fingerprint density at radius 1 is 0.938 bits per heavy atom. The number of carbonyl (C=O) groups excluding carboxylic acids is 2. The third kappa shape index (κ3) is 4.73. The van der Waals surface area contributed by atoms with Crippen LogP contribution in [-0.2, 0) is 13.0 Å². The molecule has 0 amide bonds. The van der Waals surface area contributed by atoms with Gasteiger partial charge in [-0.15, -0.1) is 0 Å². The summed E-state index contributed by atoms with van der Waals surface area (Å²) in [5.41, 5.74) is 0.918. The van der Waals surface area contributed by atoms with Crippen molar-refractivity contribution in [1.82, 2.24) is 0 Å². The molecule has 0 unspecified atom stereocenters. The second-order valence-corrected chi connectivity index (χ2v) is 6.96. The summed E-state index contributed by atoms with van der Waals surface area (Å²) in [6, 6.07) is 19.0. The average molecular weight is 432 g/mol. The zero-order valence-electron chi connectivity index (χ0n) is 16.7. The summed E-state index contributed by atoms with van der Waals surface area (Å²) in [5.74, 6) is -1.74. The topological polar surface area (TPSA) is 86.7 Å². The predicted molar refractivity (Wildman–Crippen MR) is 112 cm³/mol. The molecule has 6 nitrogen and oxygen atoms in total. The van der Waals surface area contributed by atoms with Crippen molar-refractivity contribution in [3.05, 3.63) is 123 Å². The first-order chi connectivity index (χ1) is 15.5.